The van der Waals surface area contributed by atoms with E-state index in [0.29, 0.717) is 24.5 Å². The van der Waals surface area contributed by atoms with Crippen LogP contribution in [0.15, 0.2) is 6.07 Å². The summed E-state index contributed by atoms with van der Waals surface area (Å²) in [5.41, 5.74) is -0.133. The Balaban J connectivity index is 2.24. The van der Waals surface area contributed by atoms with Gasteiger partial charge in [0.1, 0.15) is 17.3 Å². The predicted molar refractivity (Wildman–Crippen MR) is 77.7 cm³/mol. The molecule has 0 unspecified atom stereocenters. The first-order valence-corrected chi connectivity index (χ1v) is 7.26. The lowest BCUT2D eigenvalue weighted by atomic mass is 9.75. The number of aliphatic carboxylic acids is 1. The number of carbonyl (C=O) groups is 1. The average molecular weight is 288 g/mol. The number of hydrogen-bond donors (Lipinski definition) is 2. The highest BCUT2D eigenvalue weighted by Gasteiger charge is 2.42. The fraction of sp³-hybridized carbons (Fsp3) is 0.600. The second-order valence-corrected chi connectivity index (χ2v) is 5.69. The second-order valence-electron chi connectivity index (χ2n) is 5.69. The van der Waals surface area contributed by atoms with Crippen LogP contribution in [-0.2, 0) is 4.79 Å². The number of carboxylic acid groups (broad SMARTS) is 1. The number of nitrogens with zero attached hydrogens (tertiary/aromatic N) is 3. The Labute approximate surface area is 124 Å². The molecule has 0 atom stereocenters. The third-order valence-electron chi connectivity index (χ3n) is 4.27. The van der Waals surface area contributed by atoms with Crippen LogP contribution < -0.4 is 5.32 Å². The molecule has 1 aromatic heterocycles. The number of aromatic nitrogens is 2. The lowest BCUT2D eigenvalue weighted by Gasteiger charge is -2.37. The lowest BCUT2D eigenvalue weighted by Crippen LogP contribution is -2.49. The third kappa shape index (κ3) is 3.30. The van der Waals surface area contributed by atoms with Gasteiger partial charge in [0, 0.05) is 5.69 Å². The fourth-order valence-corrected chi connectivity index (χ4v) is 2.87. The molecule has 0 aromatic carbocycles. The summed E-state index contributed by atoms with van der Waals surface area (Å²) >= 11 is 0. The molecule has 1 aliphatic carbocycles. The van der Waals surface area contributed by atoms with E-state index in [1.807, 2.05) is 6.07 Å². The molecule has 0 spiro atoms. The molecule has 0 amide bonds. The third-order valence-corrected chi connectivity index (χ3v) is 4.27. The average Bonchev–Trinajstić information content (AvgIpc) is 2.47. The van der Waals surface area contributed by atoms with Crippen LogP contribution in [0.3, 0.4) is 0 Å². The Morgan fingerprint density at radius 3 is 2.71 bits per heavy atom. The zero-order valence-electron chi connectivity index (χ0n) is 12.4. The number of nitriles is 1. The van der Waals surface area contributed by atoms with E-state index in [9.17, 15) is 9.90 Å². The standard InChI is InChI=1S/C15H20N4O2/c1-3-11-4-6-15(7-5-11,13(20)21)19-14-17-10(2)8-12(9-16)18-14/h8,11H,3-7H2,1-2H3,(H,20,21)(H,17,18,19). The van der Waals surface area contributed by atoms with Crippen molar-refractivity contribution < 1.29 is 9.90 Å². The van der Waals surface area contributed by atoms with Gasteiger partial charge < -0.3 is 10.4 Å². The van der Waals surface area contributed by atoms with E-state index in [2.05, 4.69) is 22.2 Å². The topological polar surface area (TPSA) is 98.9 Å². The number of carboxylic acids is 1. The molecule has 112 valence electrons. The van der Waals surface area contributed by atoms with Gasteiger partial charge in [-0.15, -0.1) is 0 Å². The molecule has 2 N–H and O–H groups in total. The Kier molecular flexibility index (Phi) is 4.41. The Bertz CT molecular complexity index is 572. The molecule has 6 heteroatoms. The first kappa shape index (κ1) is 15.2. The Hall–Kier alpha value is -2.16. The summed E-state index contributed by atoms with van der Waals surface area (Å²) in [5, 5.41) is 21.6. The SMILES string of the molecule is CCC1CCC(Nc2nc(C)cc(C#N)n2)(C(=O)O)CC1. The minimum atomic E-state index is -1.02. The van der Waals surface area contributed by atoms with Crippen molar-refractivity contribution in [1.29, 1.82) is 5.26 Å². The van der Waals surface area contributed by atoms with Gasteiger partial charge in [0.25, 0.3) is 0 Å². The monoisotopic (exact) mass is 288 g/mol. The van der Waals surface area contributed by atoms with Gasteiger partial charge in [-0.25, -0.2) is 14.8 Å². The maximum Gasteiger partial charge on any atom is 0.329 e. The molecule has 1 aliphatic rings. The quantitative estimate of drug-likeness (QED) is 0.883. The van der Waals surface area contributed by atoms with E-state index in [-0.39, 0.29) is 11.6 Å². The van der Waals surface area contributed by atoms with Crippen LogP contribution >= 0.6 is 0 Å². The van der Waals surface area contributed by atoms with E-state index in [4.69, 9.17) is 5.26 Å². The smallest absolute Gasteiger partial charge is 0.329 e. The highest BCUT2D eigenvalue weighted by molar-refractivity contribution is 5.82. The van der Waals surface area contributed by atoms with Crippen molar-refractivity contribution in [2.75, 3.05) is 5.32 Å². The van der Waals surface area contributed by atoms with Crippen molar-refractivity contribution in [2.24, 2.45) is 5.92 Å². The minimum absolute atomic E-state index is 0.226. The molecule has 0 saturated heterocycles. The normalized spacial score (nSPS) is 25.1. The Morgan fingerprint density at radius 1 is 1.52 bits per heavy atom. The molecule has 0 radical (unpaired) electrons. The van der Waals surface area contributed by atoms with Crippen molar-refractivity contribution in [3.8, 4) is 6.07 Å². The van der Waals surface area contributed by atoms with E-state index < -0.39 is 11.5 Å². The molecule has 1 aromatic rings. The molecule has 21 heavy (non-hydrogen) atoms. The molecule has 0 bridgehead atoms. The van der Waals surface area contributed by atoms with Crippen LogP contribution in [0.4, 0.5) is 5.95 Å². The second kappa shape index (κ2) is 6.08. The number of hydrogen-bond acceptors (Lipinski definition) is 5. The highest BCUT2D eigenvalue weighted by atomic mass is 16.4. The zero-order chi connectivity index (χ0) is 15.5. The van der Waals surface area contributed by atoms with Gasteiger partial charge in [-0.2, -0.15) is 5.26 Å². The van der Waals surface area contributed by atoms with Crippen LogP contribution in [-0.4, -0.2) is 26.6 Å². The fourth-order valence-electron chi connectivity index (χ4n) is 2.87. The first-order valence-electron chi connectivity index (χ1n) is 7.26. The summed E-state index contributed by atoms with van der Waals surface area (Å²) in [6, 6.07) is 3.54. The van der Waals surface area contributed by atoms with Gasteiger partial charge in [0.05, 0.1) is 0 Å². The van der Waals surface area contributed by atoms with Gasteiger partial charge in [-0.1, -0.05) is 13.3 Å². The molecule has 1 fully saturated rings. The summed E-state index contributed by atoms with van der Waals surface area (Å²) < 4.78 is 0. The maximum absolute atomic E-state index is 11.7. The van der Waals surface area contributed by atoms with Gasteiger partial charge in [-0.3, -0.25) is 0 Å². The van der Waals surface area contributed by atoms with Crippen LogP contribution in [0.1, 0.15) is 50.4 Å². The van der Waals surface area contributed by atoms with Crippen molar-refractivity contribution >= 4 is 11.9 Å². The van der Waals surface area contributed by atoms with Crippen molar-refractivity contribution in [2.45, 2.75) is 51.5 Å². The number of anilines is 1. The van der Waals surface area contributed by atoms with Crippen LogP contribution in [0.2, 0.25) is 0 Å². The van der Waals surface area contributed by atoms with E-state index in [1.54, 1.807) is 13.0 Å². The first-order chi connectivity index (χ1) is 9.99. The summed E-state index contributed by atoms with van der Waals surface area (Å²) in [5.74, 6) is -0.0584. The van der Waals surface area contributed by atoms with Gasteiger partial charge >= 0.3 is 5.97 Å². The van der Waals surface area contributed by atoms with Crippen LogP contribution in [0.25, 0.3) is 0 Å². The molecular weight excluding hydrogens is 268 g/mol. The highest BCUT2D eigenvalue weighted by Crippen LogP contribution is 2.35. The molecule has 2 rings (SSSR count). The van der Waals surface area contributed by atoms with Gasteiger partial charge in [-0.05, 0) is 44.6 Å². The molecular formula is C15H20N4O2. The van der Waals surface area contributed by atoms with Crippen molar-refractivity contribution in [3.63, 3.8) is 0 Å². The number of nitrogens with one attached hydrogen (secondary N) is 1. The largest absolute Gasteiger partial charge is 0.480 e. The van der Waals surface area contributed by atoms with Gasteiger partial charge in [0.2, 0.25) is 5.95 Å². The number of aryl methyl sites for hydroxylation is 1. The summed E-state index contributed by atoms with van der Waals surface area (Å²) in [6.07, 6.45) is 3.95. The van der Waals surface area contributed by atoms with Crippen molar-refractivity contribution in [1.82, 2.24) is 9.97 Å². The van der Waals surface area contributed by atoms with E-state index in [0.717, 1.165) is 19.3 Å². The summed E-state index contributed by atoms with van der Waals surface area (Å²) in [7, 11) is 0. The minimum Gasteiger partial charge on any atom is -0.480 e. The van der Waals surface area contributed by atoms with Crippen molar-refractivity contribution in [3.05, 3.63) is 17.5 Å². The maximum atomic E-state index is 11.7. The molecule has 0 aliphatic heterocycles. The van der Waals surface area contributed by atoms with E-state index >= 15 is 0 Å². The van der Waals surface area contributed by atoms with Crippen LogP contribution in [0, 0.1) is 24.2 Å². The molecule has 6 nitrogen and oxygen atoms in total. The Morgan fingerprint density at radius 2 is 2.19 bits per heavy atom. The summed E-state index contributed by atoms with van der Waals surface area (Å²) in [6.45, 7) is 3.89. The molecule has 1 saturated carbocycles. The lowest BCUT2D eigenvalue weighted by molar-refractivity contribution is -0.143. The van der Waals surface area contributed by atoms with E-state index in [1.165, 1.54) is 0 Å². The van der Waals surface area contributed by atoms with Gasteiger partial charge in [0.15, 0.2) is 0 Å². The predicted octanol–water partition coefficient (Wildman–Crippen LogP) is 2.49. The van der Waals surface area contributed by atoms with Crippen LogP contribution in [0.5, 0.6) is 0 Å². The molecule has 1 heterocycles. The summed E-state index contributed by atoms with van der Waals surface area (Å²) in [4.78, 5) is 20.0. The number of rotatable bonds is 4. The zero-order valence-corrected chi connectivity index (χ0v) is 12.4.